The van der Waals surface area contributed by atoms with Crippen LogP contribution < -0.4 is 5.32 Å². The lowest BCUT2D eigenvalue weighted by Gasteiger charge is -2.28. The Labute approximate surface area is 120 Å². The van der Waals surface area contributed by atoms with Crippen LogP contribution in [0.2, 0.25) is 0 Å². The van der Waals surface area contributed by atoms with E-state index in [9.17, 15) is 8.42 Å². The Balaban J connectivity index is 0.000000370. The SMILES string of the molecule is CC(C)(O)NC(C)(C)O.Cc1ccc(S(=O)(=O)O)cc1. The Morgan fingerprint density at radius 3 is 1.50 bits per heavy atom. The van der Waals surface area contributed by atoms with Gasteiger partial charge in [0, 0.05) is 0 Å². The van der Waals surface area contributed by atoms with Gasteiger partial charge in [-0.15, -0.1) is 0 Å². The van der Waals surface area contributed by atoms with E-state index in [1.165, 1.54) is 12.1 Å². The molecule has 0 aliphatic carbocycles. The summed E-state index contributed by atoms with van der Waals surface area (Å²) in [7, 11) is -4.02. The molecule has 0 saturated carbocycles. The third kappa shape index (κ3) is 9.88. The molecule has 6 nitrogen and oxygen atoms in total. The Hall–Kier alpha value is -0.990. The van der Waals surface area contributed by atoms with Gasteiger partial charge in [0.25, 0.3) is 10.1 Å². The molecule has 0 amide bonds. The first-order valence-corrected chi connectivity index (χ1v) is 7.43. The van der Waals surface area contributed by atoms with Gasteiger partial charge >= 0.3 is 0 Å². The zero-order chi connectivity index (χ0) is 16.2. The predicted molar refractivity (Wildman–Crippen MR) is 76.7 cm³/mol. The second kappa shape index (κ2) is 6.64. The van der Waals surface area contributed by atoms with Gasteiger partial charge in [-0.2, -0.15) is 8.42 Å². The van der Waals surface area contributed by atoms with Crippen molar-refractivity contribution in [3.8, 4) is 0 Å². The molecule has 1 aromatic carbocycles. The first-order chi connectivity index (χ1) is 8.71. The fourth-order valence-electron chi connectivity index (χ4n) is 1.46. The highest BCUT2D eigenvalue weighted by Crippen LogP contribution is 2.08. The summed E-state index contributed by atoms with van der Waals surface area (Å²) in [5.41, 5.74) is -1.08. The topological polar surface area (TPSA) is 107 Å². The highest BCUT2D eigenvalue weighted by atomic mass is 32.2. The number of hydrogen-bond donors (Lipinski definition) is 4. The molecule has 0 atom stereocenters. The maximum atomic E-state index is 10.5. The van der Waals surface area contributed by atoms with Gasteiger partial charge in [0.05, 0.1) is 4.90 Å². The number of hydrogen-bond acceptors (Lipinski definition) is 5. The summed E-state index contributed by atoms with van der Waals surface area (Å²) in [6, 6.07) is 5.99. The molecule has 0 saturated heterocycles. The average molecular weight is 305 g/mol. The normalized spacial score (nSPS) is 12.6. The summed E-state index contributed by atoms with van der Waals surface area (Å²) in [5.74, 6) is 0. The highest BCUT2D eigenvalue weighted by Gasteiger charge is 2.21. The standard InChI is InChI=1S/C7H8O3S.C6H15NO2/c1-6-2-4-7(5-3-6)11(8,9)10;1-5(2,8)7-6(3,4)9/h2-5H,1H3,(H,8,9,10);7-9H,1-4H3. The summed E-state index contributed by atoms with van der Waals surface area (Å²) in [5, 5.41) is 20.7. The van der Waals surface area contributed by atoms with Crippen molar-refractivity contribution in [2.75, 3.05) is 0 Å². The zero-order valence-corrected chi connectivity index (χ0v) is 13.2. The van der Waals surface area contributed by atoms with Gasteiger partial charge in [0.15, 0.2) is 0 Å². The molecule has 1 aromatic rings. The molecule has 0 heterocycles. The molecule has 0 radical (unpaired) electrons. The third-order valence-corrected chi connectivity index (χ3v) is 2.80. The predicted octanol–water partition coefficient (Wildman–Crippen LogP) is 1.27. The van der Waals surface area contributed by atoms with E-state index in [0.717, 1.165) is 5.56 Å². The van der Waals surface area contributed by atoms with Crippen LogP contribution in [0.25, 0.3) is 0 Å². The van der Waals surface area contributed by atoms with E-state index in [1.54, 1.807) is 39.8 Å². The smallest absolute Gasteiger partial charge is 0.294 e. The van der Waals surface area contributed by atoms with Crippen LogP contribution in [-0.4, -0.2) is 34.6 Å². The molecule has 0 aliphatic heterocycles. The van der Waals surface area contributed by atoms with Crippen molar-refractivity contribution < 1.29 is 23.2 Å². The largest absolute Gasteiger partial charge is 0.376 e. The minimum absolute atomic E-state index is 0.0666. The van der Waals surface area contributed by atoms with Gasteiger partial charge in [-0.1, -0.05) is 17.7 Å². The van der Waals surface area contributed by atoms with Crippen LogP contribution in [0.5, 0.6) is 0 Å². The van der Waals surface area contributed by atoms with Crippen LogP contribution in [0, 0.1) is 6.92 Å². The fraction of sp³-hybridized carbons (Fsp3) is 0.538. The quantitative estimate of drug-likeness (QED) is 0.495. The molecule has 4 N–H and O–H groups in total. The van der Waals surface area contributed by atoms with Crippen LogP contribution in [-0.2, 0) is 10.1 Å². The second-order valence-corrected chi connectivity index (χ2v) is 6.95. The first-order valence-electron chi connectivity index (χ1n) is 5.99. The van der Waals surface area contributed by atoms with E-state index < -0.39 is 21.6 Å². The molecule has 1 rings (SSSR count). The summed E-state index contributed by atoms with van der Waals surface area (Å²) in [4.78, 5) is -0.0666. The van der Waals surface area contributed by atoms with E-state index in [1.807, 2.05) is 6.92 Å². The summed E-state index contributed by atoms with van der Waals surface area (Å²) in [6.45, 7) is 8.14. The number of benzene rings is 1. The average Bonchev–Trinajstić information content (AvgIpc) is 2.11. The Morgan fingerprint density at radius 2 is 1.30 bits per heavy atom. The molecule has 0 aromatic heterocycles. The Bertz CT molecular complexity index is 497. The molecular formula is C13H23NO5S. The van der Waals surface area contributed by atoms with E-state index in [-0.39, 0.29) is 4.90 Å². The lowest BCUT2D eigenvalue weighted by molar-refractivity contribution is -0.0634. The number of aryl methyl sites for hydroxylation is 1. The second-order valence-electron chi connectivity index (χ2n) is 5.53. The zero-order valence-electron chi connectivity index (χ0n) is 12.4. The fourth-order valence-corrected chi connectivity index (χ4v) is 1.94. The minimum atomic E-state index is -4.02. The van der Waals surface area contributed by atoms with Gasteiger partial charge in [0.2, 0.25) is 0 Å². The van der Waals surface area contributed by atoms with Crippen molar-refractivity contribution in [1.29, 1.82) is 0 Å². The summed E-state index contributed by atoms with van der Waals surface area (Å²) >= 11 is 0. The highest BCUT2D eigenvalue weighted by molar-refractivity contribution is 7.85. The van der Waals surface area contributed by atoms with Crippen molar-refractivity contribution in [3.05, 3.63) is 29.8 Å². The van der Waals surface area contributed by atoms with Crippen LogP contribution in [0.15, 0.2) is 29.2 Å². The van der Waals surface area contributed by atoms with Gasteiger partial charge in [-0.3, -0.25) is 9.87 Å². The summed E-state index contributed by atoms with van der Waals surface area (Å²) < 4.78 is 29.6. The number of rotatable bonds is 3. The van der Waals surface area contributed by atoms with Crippen molar-refractivity contribution >= 4 is 10.1 Å². The van der Waals surface area contributed by atoms with Crippen LogP contribution in [0.1, 0.15) is 33.3 Å². The molecular weight excluding hydrogens is 282 g/mol. The van der Waals surface area contributed by atoms with Crippen molar-refractivity contribution in [3.63, 3.8) is 0 Å². The van der Waals surface area contributed by atoms with Crippen LogP contribution >= 0.6 is 0 Å². The van der Waals surface area contributed by atoms with Gasteiger partial charge < -0.3 is 10.2 Å². The molecule has 7 heteroatoms. The van der Waals surface area contributed by atoms with E-state index in [2.05, 4.69) is 5.32 Å². The molecule has 116 valence electrons. The van der Waals surface area contributed by atoms with Crippen molar-refractivity contribution in [2.24, 2.45) is 0 Å². The molecule has 0 fully saturated rings. The molecule has 20 heavy (non-hydrogen) atoms. The van der Waals surface area contributed by atoms with Crippen molar-refractivity contribution in [2.45, 2.75) is 51.0 Å². The van der Waals surface area contributed by atoms with Crippen LogP contribution in [0.4, 0.5) is 0 Å². The Kier molecular flexibility index (Phi) is 6.31. The first kappa shape index (κ1) is 19.0. The van der Waals surface area contributed by atoms with E-state index in [0.29, 0.717) is 0 Å². The molecule has 0 aliphatic rings. The van der Waals surface area contributed by atoms with E-state index in [4.69, 9.17) is 14.8 Å². The maximum Gasteiger partial charge on any atom is 0.294 e. The van der Waals surface area contributed by atoms with Gasteiger partial charge in [-0.25, -0.2) is 0 Å². The van der Waals surface area contributed by atoms with Gasteiger partial charge in [0.1, 0.15) is 11.4 Å². The lowest BCUT2D eigenvalue weighted by Crippen LogP contribution is -2.51. The van der Waals surface area contributed by atoms with E-state index >= 15 is 0 Å². The third-order valence-electron chi connectivity index (χ3n) is 1.93. The van der Waals surface area contributed by atoms with Crippen molar-refractivity contribution in [1.82, 2.24) is 5.32 Å². The molecule has 0 unspecified atom stereocenters. The molecule has 0 bridgehead atoms. The van der Waals surface area contributed by atoms with Crippen LogP contribution in [0.3, 0.4) is 0 Å². The Morgan fingerprint density at radius 1 is 0.950 bits per heavy atom. The number of nitrogens with one attached hydrogen (secondary N) is 1. The molecule has 0 spiro atoms. The van der Waals surface area contributed by atoms with Gasteiger partial charge in [-0.05, 0) is 46.8 Å². The summed E-state index contributed by atoms with van der Waals surface area (Å²) in [6.07, 6.45) is 0. The monoisotopic (exact) mass is 305 g/mol. The minimum Gasteiger partial charge on any atom is -0.376 e. The lowest BCUT2D eigenvalue weighted by atomic mass is 10.2. The maximum absolute atomic E-state index is 10.5. The number of aliphatic hydroxyl groups is 2.